The standard InChI is InChI=1S/C11H14F3N3O2.ClH/c1-2-15-5-6-16-9(18)7-3-4-8(11(12,13)14)17-10(7)19;/h3-4,15H,2,5-6H2,1H3,(H,16,18)(H,17,19);1H. The molecule has 0 spiro atoms. The van der Waals surface area contributed by atoms with E-state index in [1.54, 1.807) is 4.98 Å². The van der Waals surface area contributed by atoms with E-state index in [-0.39, 0.29) is 24.5 Å². The van der Waals surface area contributed by atoms with Gasteiger partial charge in [0.15, 0.2) is 0 Å². The molecule has 0 aliphatic carbocycles. The van der Waals surface area contributed by atoms with E-state index in [0.717, 1.165) is 12.6 Å². The van der Waals surface area contributed by atoms with Crippen LogP contribution >= 0.6 is 12.4 Å². The van der Waals surface area contributed by atoms with Crippen molar-refractivity contribution < 1.29 is 18.0 Å². The highest BCUT2D eigenvalue weighted by atomic mass is 35.5. The molecule has 0 fully saturated rings. The monoisotopic (exact) mass is 313 g/mol. The summed E-state index contributed by atoms with van der Waals surface area (Å²) in [5.74, 6) is -0.701. The van der Waals surface area contributed by atoms with Gasteiger partial charge < -0.3 is 15.6 Å². The fourth-order valence-corrected chi connectivity index (χ4v) is 1.35. The van der Waals surface area contributed by atoms with E-state index in [2.05, 4.69) is 10.6 Å². The molecule has 0 aliphatic heterocycles. The highest BCUT2D eigenvalue weighted by Gasteiger charge is 2.32. The Morgan fingerprint density at radius 3 is 2.45 bits per heavy atom. The number of halogens is 4. The Morgan fingerprint density at radius 2 is 1.95 bits per heavy atom. The highest BCUT2D eigenvalue weighted by molar-refractivity contribution is 5.93. The molecule has 0 saturated heterocycles. The Kier molecular flexibility index (Phi) is 7.30. The number of amides is 1. The highest BCUT2D eigenvalue weighted by Crippen LogP contribution is 2.26. The fraction of sp³-hybridized carbons (Fsp3) is 0.455. The van der Waals surface area contributed by atoms with Crippen molar-refractivity contribution >= 4 is 18.3 Å². The van der Waals surface area contributed by atoms with Crippen molar-refractivity contribution in [1.82, 2.24) is 15.6 Å². The number of aromatic amines is 1. The fourth-order valence-electron chi connectivity index (χ4n) is 1.35. The van der Waals surface area contributed by atoms with E-state index in [4.69, 9.17) is 0 Å². The predicted octanol–water partition coefficient (Wildman–Crippen LogP) is 1.15. The number of carbonyl (C=O) groups is 1. The van der Waals surface area contributed by atoms with E-state index in [1.807, 2.05) is 6.92 Å². The lowest BCUT2D eigenvalue weighted by atomic mass is 10.2. The Labute approximate surface area is 119 Å². The molecule has 9 heteroatoms. The lowest BCUT2D eigenvalue weighted by Crippen LogP contribution is -2.35. The molecule has 1 rings (SSSR count). The first-order chi connectivity index (χ1) is 8.86. The van der Waals surface area contributed by atoms with Crippen LogP contribution in [0, 0.1) is 0 Å². The number of likely N-dealkylation sites (N-methyl/N-ethyl adjacent to an activating group) is 1. The largest absolute Gasteiger partial charge is 0.431 e. The van der Waals surface area contributed by atoms with Gasteiger partial charge in [0.1, 0.15) is 11.3 Å². The summed E-state index contributed by atoms with van der Waals surface area (Å²) in [5.41, 5.74) is -2.58. The topological polar surface area (TPSA) is 74.0 Å². The summed E-state index contributed by atoms with van der Waals surface area (Å²) in [6, 6.07) is 1.53. The normalized spacial score (nSPS) is 10.8. The van der Waals surface area contributed by atoms with Gasteiger partial charge in [-0.2, -0.15) is 13.2 Å². The van der Waals surface area contributed by atoms with E-state index < -0.39 is 23.3 Å². The van der Waals surface area contributed by atoms with Gasteiger partial charge >= 0.3 is 6.18 Å². The Hall–Kier alpha value is -1.54. The summed E-state index contributed by atoms with van der Waals surface area (Å²) in [7, 11) is 0. The molecule has 20 heavy (non-hydrogen) atoms. The summed E-state index contributed by atoms with van der Waals surface area (Å²) in [6.07, 6.45) is -4.64. The summed E-state index contributed by atoms with van der Waals surface area (Å²) < 4.78 is 36.9. The van der Waals surface area contributed by atoms with Crippen LogP contribution in [-0.4, -0.2) is 30.5 Å². The quantitative estimate of drug-likeness (QED) is 0.714. The molecule has 1 aromatic rings. The van der Waals surface area contributed by atoms with Crippen LogP contribution in [0.25, 0.3) is 0 Å². The van der Waals surface area contributed by atoms with Crippen LogP contribution in [-0.2, 0) is 6.18 Å². The van der Waals surface area contributed by atoms with Crippen molar-refractivity contribution in [3.63, 3.8) is 0 Å². The molecule has 0 unspecified atom stereocenters. The molecule has 0 bridgehead atoms. The van der Waals surface area contributed by atoms with Gasteiger partial charge in [-0.1, -0.05) is 6.92 Å². The second-order valence-corrected chi connectivity index (χ2v) is 3.72. The van der Waals surface area contributed by atoms with Gasteiger partial charge in [0.25, 0.3) is 11.5 Å². The average Bonchev–Trinajstić information content (AvgIpc) is 2.33. The third kappa shape index (κ3) is 5.22. The van der Waals surface area contributed by atoms with Crippen molar-refractivity contribution in [2.24, 2.45) is 0 Å². The number of H-pyrrole nitrogens is 1. The van der Waals surface area contributed by atoms with E-state index in [9.17, 15) is 22.8 Å². The molecular formula is C11H15ClF3N3O2. The second-order valence-electron chi connectivity index (χ2n) is 3.72. The minimum Gasteiger partial charge on any atom is -0.351 e. The molecule has 0 atom stereocenters. The third-order valence-corrected chi connectivity index (χ3v) is 2.30. The van der Waals surface area contributed by atoms with Crippen LogP contribution in [0.5, 0.6) is 0 Å². The zero-order valence-electron chi connectivity index (χ0n) is 10.6. The average molecular weight is 314 g/mol. The maximum absolute atomic E-state index is 12.3. The lowest BCUT2D eigenvalue weighted by Gasteiger charge is -2.08. The molecular weight excluding hydrogens is 299 g/mol. The van der Waals surface area contributed by atoms with Gasteiger partial charge in [0, 0.05) is 13.1 Å². The predicted molar refractivity (Wildman–Crippen MR) is 70.2 cm³/mol. The van der Waals surface area contributed by atoms with Crippen molar-refractivity contribution in [2.75, 3.05) is 19.6 Å². The van der Waals surface area contributed by atoms with Crippen molar-refractivity contribution in [3.05, 3.63) is 33.7 Å². The van der Waals surface area contributed by atoms with Crippen LogP contribution < -0.4 is 16.2 Å². The lowest BCUT2D eigenvalue weighted by molar-refractivity contribution is -0.141. The number of carbonyl (C=O) groups excluding carboxylic acids is 1. The first-order valence-corrected chi connectivity index (χ1v) is 5.65. The second kappa shape index (κ2) is 7.91. The number of hydrogen-bond donors (Lipinski definition) is 3. The molecule has 114 valence electrons. The van der Waals surface area contributed by atoms with E-state index in [1.165, 1.54) is 0 Å². The van der Waals surface area contributed by atoms with Crippen LogP contribution in [0.3, 0.4) is 0 Å². The van der Waals surface area contributed by atoms with Crippen LogP contribution in [0.2, 0.25) is 0 Å². The number of aromatic nitrogens is 1. The van der Waals surface area contributed by atoms with Crippen molar-refractivity contribution in [1.29, 1.82) is 0 Å². The van der Waals surface area contributed by atoms with Crippen LogP contribution in [0.4, 0.5) is 13.2 Å². The van der Waals surface area contributed by atoms with Gasteiger partial charge in [0.2, 0.25) is 0 Å². The smallest absolute Gasteiger partial charge is 0.351 e. The summed E-state index contributed by atoms with van der Waals surface area (Å²) in [6.45, 7) is 3.42. The molecule has 0 saturated carbocycles. The van der Waals surface area contributed by atoms with Crippen molar-refractivity contribution in [2.45, 2.75) is 13.1 Å². The molecule has 0 aliphatic rings. The summed E-state index contributed by atoms with van der Waals surface area (Å²) in [4.78, 5) is 24.6. The minimum absolute atomic E-state index is 0. The minimum atomic E-state index is -4.64. The maximum Gasteiger partial charge on any atom is 0.431 e. The first kappa shape index (κ1) is 18.5. The Morgan fingerprint density at radius 1 is 1.30 bits per heavy atom. The zero-order valence-corrected chi connectivity index (χ0v) is 11.5. The van der Waals surface area contributed by atoms with Gasteiger partial charge in [-0.25, -0.2) is 0 Å². The molecule has 1 heterocycles. The molecule has 5 nitrogen and oxygen atoms in total. The number of alkyl halides is 3. The molecule has 1 aromatic heterocycles. The van der Waals surface area contributed by atoms with Gasteiger partial charge in [-0.15, -0.1) is 12.4 Å². The van der Waals surface area contributed by atoms with Gasteiger partial charge in [-0.3, -0.25) is 9.59 Å². The van der Waals surface area contributed by atoms with Gasteiger partial charge in [0.05, 0.1) is 0 Å². The Bertz CT molecular complexity index is 502. The molecule has 1 amide bonds. The zero-order chi connectivity index (χ0) is 14.5. The van der Waals surface area contributed by atoms with Gasteiger partial charge in [-0.05, 0) is 18.7 Å². The van der Waals surface area contributed by atoms with Crippen LogP contribution in [0.15, 0.2) is 16.9 Å². The number of nitrogens with one attached hydrogen (secondary N) is 3. The molecule has 0 aromatic carbocycles. The Balaban J connectivity index is 0.00000361. The summed E-state index contributed by atoms with van der Waals surface area (Å²) in [5, 5.41) is 5.38. The van der Waals surface area contributed by atoms with Crippen molar-refractivity contribution in [3.8, 4) is 0 Å². The van der Waals surface area contributed by atoms with E-state index >= 15 is 0 Å². The number of pyridine rings is 1. The SMILES string of the molecule is CCNCCNC(=O)c1ccc(C(F)(F)F)[nH]c1=O.Cl. The summed E-state index contributed by atoms with van der Waals surface area (Å²) >= 11 is 0. The van der Waals surface area contributed by atoms with E-state index in [0.29, 0.717) is 12.6 Å². The molecule has 3 N–H and O–H groups in total. The van der Waals surface area contributed by atoms with Crippen LogP contribution in [0.1, 0.15) is 23.0 Å². The maximum atomic E-state index is 12.3. The number of hydrogen-bond acceptors (Lipinski definition) is 3. The third-order valence-electron chi connectivity index (χ3n) is 2.30. The molecule has 0 radical (unpaired) electrons. The first-order valence-electron chi connectivity index (χ1n) is 5.65. The number of rotatable bonds is 5.